The van der Waals surface area contributed by atoms with Crippen molar-refractivity contribution in [3.63, 3.8) is 0 Å². The zero-order chi connectivity index (χ0) is 13.7. The number of carbonyl (C=O) groups excluding carboxylic acids is 1. The summed E-state index contributed by atoms with van der Waals surface area (Å²) in [5.41, 5.74) is 1.63. The van der Waals surface area contributed by atoms with Gasteiger partial charge in [-0.15, -0.1) is 0 Å². The molecule has 0 aromatic heterocycles. The predicted octanol–water partition coefficient (Wildman–Crippen LogP) is 4.35. The van der Waals surface area contributed by atoms with Gasteiger partial charge in [-0.2, -0.15) is 0 Å². The number of ketones is 1. The lowest BCUT2D eigenvalue weighted by Crippen LogP contribution is -1.94. The van der Waals surface area contributed by atoms with E-state index in [1.165, 1.54) is 0 Å². The third kappa shape index (κ3) is 3.80. The number of rotatable bonds is 4. The van der Waals surface area contributed by atoms with E-state index in [0.717, 1.165) is 15.8 Å². The van der Waals surface area contributed by atoms with Crippen LogP contribution in [-0.2, 0) is 0 Å². The molecule has 0 saturated heterocycles. The number of allylic oxidation sites excluding steroid dienone is 1. The van der Waals surface area contributed by atoms with E-state index >= 15 is 0 Å². The normalized spacial score (nSPS) is 10.6. The fourth-order valence-electron chi connectivity index (χ4n) is 1.63. The van der Waals surface area contributed by atoms with Gasteiger partial charge in [0, 0.05) is 10.0 Å². The molecule has 0 heterocycles. The van der Waals surface area contributed by atoms with Gasteiger partial charge in [-0.3, -0.25) is 4.79 Å². The number of methoxy groups -OCH3 is 1. The molecule has 0 N–H and O–H groups in total. The van der Waals surface area contributed by atoms with Crippen LogP contribution in [0.15, 0.2) is 59.1 Å². The molecule has 0 radical (unpaired) electrons. The molecular weight excluding hydrogens is 304 g/mol. The molecular formula is C16H13BrO2. The van der Waals surface area contributed by atoms with Gasteiger partial charge in [0.25, 0.3) is 0 Å². The minimum atomic E-state index is -0.0253. The monoisotopic (exact) mass is 316 g/mol. The number of halogens is 1. The Kier molecular flexibility index (Phi) is 4.53. The highest BCUT2D eigenvalue weighted by Crippen LogP contribution is 2.15. The van der Waals surface area contributed by atoms with Crippen LogP contribution in [0, 0.1) is 0 Å². The number of ether oxygens (including phenoxy) is 1. The van der Waals surface area contributed by atoms with Crippen LogP contribution in [0.2, 0.25) is 0 Å². The highest BCUT2D eigenvalue weighted by Gasteiger charge is 2.01. The average molecular weight is 317 g/mol. The molecule has 2 rings (SSSR count). The number of hydrogen-bond donors (Lipinski definition) is 0. The molecule has 0 spiro atoms. The van der Waals surface area contributed by atoms with Gasteiger partial charge in [0.05, 0.1) is 7.11 Å². The second kappa shape index (κ2) is 6.34. The molecule has 0 aliphatic heterocycles. The van der Waals surface area contributed by atoms with E-state index in [4.69, 9.17) is 4.74 Å². The molecule has 2 nitrogen and oxygen atoms in total. The Morgan fingerprint density at radius 1 is 1.16 bits per heavy atom. The molecule has 2 aromatic rings. The summed E-state index contributed by atoms with van der Waals surface area (Å²) in [5, 5.41) is 0. The van der Waals surface area contributed by atoms with E-state index in [2.05, 4.69) is 15.9 Å². The maximum Gasteiger partial charge on any atom is 0.185 e. The van der Waals surface area contributed by atoms with Gasteiger partial charge < -0.3 is 4.74 Å². The summed E-state index contributed by atoms with van der Waals surface area (Å²) in [6, 6.07) is 14.9. The number of carbonyl (C=O) groups is 1. The first kappa shape index (κ1) is 13.6. The van der Waals surface area contributed by atoms with Crippen molar-refractivity contribution in [1.82, 2.24) is 0 Å². The first-order chi connectivity index (χ1) is 9.19. The predicted molar refractivity (Wildman–Crippen MR) is 80.5 cm³/mol. The van der Waals surface area contributed by atoms with Crippen molar-refractivity contribution in [3.05, 3.63) is 70.2 Å². The third-order valence-electron chi connectivity index (χ3n) is 2.65. The molecule has 0 saturated carbocycles. The third-order valence-corrected chi connectivity index (χ3v) is 3.14. The van der Waals surface area contributed by atoms with Gasteiger partial charge in [0.1, 0.15) is 5.75 Å². The van der Waals surface area contributed by atoms with E-state index in [1.807, 2.05) is 24.3 Å². The van der Waals surface area contributed by atoms with Crippen LogP contribution in [0.1, 0.15) is 15.9 Å². The largest absolute Gasteiger partial charge is 0.497 e. The molecule has 0 amide bonds. The van der Waals surface area contributed by atoms with Gasteiger partial charge >= 0.3 is 0 Å². The van der Waals surface area contributed by atoms with Crippen molar-refractivity contribution >= 4 is 27.8 Å². The number of hydrogen-bond acceptors (Lipinski definition) is 2. The van der Waals surface area contributed by atoms with Crippen molar-refractivity contribution in [2.45, 2.75) is 0 Å². The van der Waals surface area contributed by atoms with Crippen LogP contribution in [0.25, 0.3) is 6.08 Å². The van der Waals surface area contributed by atoms with Crippen molar-refractivity contribution in [1.29, 1.82) is 0 Å². The quantitative estimate of drug-likeness (QED) is 0.619. The van der Waals surface area contributed by atoms with E-state index in [9.17, 15) is 4.79 Å². The highest BCUT2D eigenvalue weighted by atomic mass is 79.9. The van der Waals surface area contributed by atoms with Gasteiger partial charge in [0.15, 0.2) is 5.78 Å². The maximum atomic E-state index is 12.0. The molecule has 96 valence electrons. The summed E-state index contributed by atoms with van der Waals surface area (Å²) in [6.45, 7) is 0. The number of benzene rings is 2. The lowest BCUT2D eigenvalue weighted by molar-refractivity contribution is 0.104. The minimum absolute atomic E-state index is 0.0253. The molecule has 19 heavy (non-hydrogen) atoms. The Balaban J connectivity index is 2.11. The Labute approximate surface area is 120 Å². The zero-order valence-corrected chi connectivity index (χ0v) is 12.1. The first-order valence-electron chi connectivity index (χ1n) is 5.81. The summed E-state index contributed by atoms with van der Waals surface area (Å²) in [5.74, 6) is 0.718. The fraction of sp³-hybridized carbons (Fsp3) is 0.0625. The van der Waals surface area contributed by atoms with Gasteiger partial charge in [-0.05, 0) is 48.0 Å². The van der Waals surface area contributed by atoms with Crippen LogP contribution in [-0.4, -0.2) is 12.9 Å². The molecule has 0 bridgehead atoms. The van der Waals surface area contributed by atoms with E-state index < -0.39 is 0 Å². The van der Waals surface area contributed by atoms with Crippen LogP contribution in [0.3, 0.4) is 0 Å². The summed E-state index contributed by atoms with van der Waals surface area (Å²) >= 11 is 3.40. The van der Waals surface area contributed by atoms with E-state index in [-0.39, 0.29) is 5.78 Å². The van der Waals surface area contributed by atoms with Crippen LogP contribution in [0.4, 0.5) is 0 Å². The minimum Gasteiger partial charge on any atom is -0.497 e. The lowest BCUT2D eigenvalue weighted by Gasteiger charge is -2.00. The van der Waals surface area contributed by atoms with Crippen LogP contribution in [0.5, 0.6) is 5.75 Å². The zero-order valence-electron chi connectivity index (χ0n) is 10.5. The molecule has 0 unspecified atom stereocenters. The highest BCUT2D eigenvalue weighted by molar-refractivity contribution is 9.10. The summed E-state index contributed by atoms with van der Waals surface area (Å²) < 4.78 is 6.05. The van der Waals surface area contributed by atoms with Gasteiger partial charge in [-0.1, -0.05) is 34.1 Å². The molecule has 3 heteroatoms. The molecule has 2 aromatic carbocycles. The lowest BCUT2D eigenvalue weighted by atomic mass is 10.1. The van der Waals surface area contributed by atoms with Gasteiger partial charge in [0.2, 0.25) is 0 Å². The Bertz CT molecular complexity index is 600. The Morgan fingerprint density at radius 3 is 2.53 bits per heavy atom. The van der Waals surface area contributed by atoms with Crippen molar-refractivity contribution in [2.75, 3.05) is 7.11 Å². The van der Waals surface area contributed by atoms with Crippen molar-refractivity contribution in [3.8, 4) is 5.75 Å². The Hall–Kier alpha value is -1.87. The van der Waals surface area contributed by atoms with Crippen molar-refractivity contribution in [2.24, 2.45) is 0 Å². The van der Waals surface area contributed by atoms with E-state index in [0.29, 0.717) is 5.56 Å². The average Bonchev–Trinajstić information content (AvgIpc) is 2.45. The fourth-order valence-corrected chi connectivity index (χ4v) is 2.05. The second-order valence-electron chi connectivity index (χ2n) is 3.98. The summed E-state index contributed by atoms with van der Waals surface area (Å²) in [4.78, 5) is 12.0. The molecule has 0 aliphatic carbocycles. The van der Waals surface area contributed by atoms with E-state index in [1.54, 1.807) is 43.5 Å². The molecule has 0 atom stereocenters. The standard InChI is InChI=1S/C16H13BrO2/c1-19-15-8-6-13(7-9-15)16(18)10-5-12-3-2-4-14(17)11-12/h2-11H,1H3/b10-5+. The van der Waals surface area contributed by atoms with Gasteiger partial charge in [-0.25, -0.2) is 0 Å². The maximum absolute atomic E-state index is 12.0. The summed E-state index contributed by atoms with van der Waals surface area (Å²) in [7, 11) is 1.60. The SMILES string of the molecule is COc1ccc(C(=O)/C=C/c2cccc(Br)c2)cc1. The second-order valence-corrected chi connectivity index (χ2v) is 4.90. The molecule has 0 aliphatic rings. The first-order valence-corrected chi connectivity index (χ1v) is 6.60. The van der Waals surface area contributed by atoms with Crippen molar-refractivity contribution < 1.29 is 9.53 Å². The smallest absolute Gasteiger partial charge is 0.185 e. The molecule has 0 fully saturated rings. The van der Waals surface area contributed by atoms with Crippen LogP contribution < -0.4 is 4.74 Å². The summed E-state index contributed by atoms with van der Waals surface area (Å²) in [6.07, 6.45) is 3.38. The Morgan fingerprint density at radius 2 is 1.89 bits per heavy atom. The van der Waals surface area contributed by atoms with Crippen LogP contribution >= 0.6 is 15.9 Å². The topological polar surface area (TPSA) is 26.3 Å².